The molecule has 0 spiro atoms. The first kappa shape index (κ1) is 17.5. The third-order valence-electron chi connectivity index (χ3n) is 4.85. The highest BCUT2D eigenvalue weighted by molar-refractivity contribution is 5.91. The number of hydrogen-bond donors (Lipinski definition) is 1. The van der Waals surface area contributed by atoms with Gasteiger partial charge >= 0.3 is 0 Å². The van der Waals surface area contributed by atoms with Crippen LogP contribution in [0.4, 0.5) is 0 Å². The Hall–Kier alpha value is -2.96. The Balaban J connectivity index is 1.26. The predicted octanol–water partition coefficient (Wildman–Crippen LogP) is 2.01. The van der Waals surface area contributed by atoms with Gasteiger partial charge in [0.05, 0.1) is 12.7 Å². The van der Waals surface area contributed by atoms with Crippen molar-refractivity contribution in [3.8, 4) is 11.5 Å². The lowest BCUT2D eigenvalue weighted by molar-refractivity contribution is -0.121. The molecule has 0 radical (unpaired) electrons. The molecule has 7 heteroatoms. The first-order valence-corrected chi connectivity index (χ1v) is 9.20. The van der Waals surface area contributed by atoms with Crippen LogP contribution < -0.4 is 14.8 Å². The normalized spacial score (nSPS) is 16.8. The summed E-state index contributed by atoms with van der Waals surface area (Å²) in [6, 6.07) is 9.05. The van der Waals surface area contributed by atoms with E-state index >= 15 is 0 Å². The zero-order valence-corrected chi connectivity index (χ0v) is 15.0. The summed E-state index contributed by atoms with van der Waals surface area (Å²) in [5.74, 6) is 1.65. The summed E-state index contributed by atoms with van der Waals surface area (Å²) < 4.78 is 16.2. The van der Waals surface area contributed by atoms with Crippen molar-refractivity contribution in [3.63, 3.8) is 0 Å². The first-order valence-electron chi connectivity index (χ1n) is 9.20. The van der Waals surface area contributed by atoms with Crippen LogP contribution in [0.15, 0.2) is 41.0 Å². The maximum Gasteiger partial charge on any atom is 0.289 e. The summed E-state index contributed by atoms with van der Waals surface area (Å²) in [5.41, 5.74) is 0.891. The molecule has 2 aromatic rings. The zero-order chi connectivity index (χ0) is 18.6. The Morgan fingerprint density at radius 2 is 1.85 bits per heavy atom. The van der Waals surface area contributed by atoms with Gasteiger partial charge in [0.2, 0.25) is 5.91 Å². The Morgan fingerprint density at radius 3 is 2.59 bits per heavy atom. The molecule has 1 fully saturated rings. The standard InChI is InChI=1S/C20H22N2O5/c23-19(13-14-3-4-16-18(12-14)27-11-10-26-16)21-15-5-7-22(8-6-15)20(24)17-2-1-9-25-17/h1-4,9,12,15H,5-8,10-11,13H2,(H,21,23). The van der Waals surface area contributed by atoms with Crippen molar-refractivity contribution < 1.29 is 23.5 Å². The maximum absolute atomic E-state index is 12.4. The van der Waals surface area contributed by atoms with E-state index in [0.29, 0.717) is 44.2 Å². The van der Waals surface area contributed by atoms with Crippen LogP contribution in [0.2, 0.25) is 0 Å². The molecule has 7 nitrogen and oxygen atoms in total. The number of likely N-dealkylation sites (tertiary alicyclic amines) is 1. The molecule has 3 heterocycles. The third kappa shape index (κ3) is 4.07. The van der Waals surface area contributed by atoms with Crippen LogP contribution in [0, 0.1) is 0 Å². The molecule has 0 aliphatic carbocycles. The maximum atomic E-state index is 12.4. The molecule has 0 atom stereocenters. The van der Waals surface area contributed by atoms with Gasteiger partial charge in [0, 0.05) is 19.1 Å². The summed E-state index contributed by atoms with van der Waals surface area (Å²) >= 11 is 0. The van der Waals surface area contributed by atoms with Gasteiger partial charge in [0.1, 0.15) is 13.2 Å². The molecule has 0 unspecified atom stereocenters. The van der Waals surface area contributed by atoms with Crippen molar-refractivity contribution in [2.24, 2.45) is 0 Å². The second-order valence-electron chi connectivity index (χ2n) is 6.77. The summed E-state index contributed by atoms with van der Waals surface area (Å²) in [7, 11) is 0. The number of piperidine rings is 1. The van der Waals surface area contributed by atoms with E-state index in [9.17, 15) is 9.59 Å². The lowest BCUT2D eigenvalue weighted by Crippen LogP contribution is -2.46. The molecule has 4 rings (SSSR count). The number of hydrogen-bond acceptors (Lipinski definition) is 5. The largest absolute Gasteiger partial charge is 0.486 e. The monoisotopic (exact) mass is 370 g/mol. The van der Waals surface area contributed by atoms with Crippen molar-refractivity contribution in [1.29, 1.82) is 0 Å². The van der Waals surface area contributed by atoms with Crippen LogP contribution in [0.25, 0.3) is 0 Å². The number of carbonyl (C=O) groups is 2. The molecular weight excluding hydrogens is 348 g/mol. The van der Waals surface area contributed by atoms with E-state index in [0.717, 1.165) is 24.2 Å². The Morgan fingerprint density at radius 1 is 1.07 bits per heavy atom. The van der Waals surface area contributed by atoms with Gasteiger partial charge < -0.3 is 24.1 Å². The van der Waals surface area contributed by atoms with E-state index in [2.05, 4.69) is 5.32 Å². The highest BCUT2D eigenvalue weighted by atomic mass is 16.6. The average molecular weight is 370 g/mol. The van der Waals surface area contributed by atoms with Gasteiger partial charge in [-0.05, 0) is 42.7 Å². The quantitative estimate of drug-likeness (QED) is 0.891. The van der Waals surface area contributed by atoms with Crippen molar-refractivity contribution in [1.82, 2.24) is 10.2 Å². The van der Waals surface area contributed by atoms with Gasteiger partial charge in [-0.15, -0.1) is 0 Å². The third-order valence-corrected chi connectivity index (χ3v) is 4.85. The van der Waals surface area contributed by atoms with Gasteiger partial charge in [-0.3, -0.25) is 9.59 Å². The van der Waals surface area contributed by atoms with Crippen molar-refractivity contribution >= 4 is 11.8 Å². The SMILES string of the molecule is O=C(Cc1ccc2c(c1)OCCO2)NC1CCN(C(=O)c2ccco2)CC1. The minimum Gasteiger partial charge on any atom is -0.486 e. The Bertz CT molecular complexity index is 810. The number of furan rings is 1. The second kappa shape index (κ2) is 7.73. The minimum atomic E-state index is -0.0962. The number of carbonyl (C=O) groups excluding carboxylic acids is 2. The van der Waals surface area contributed by atoms with E-state index in [1.807, 2.05) is 18.2 Å². The van der Waals surface area contributed by atoms with Crippen LogP contribution in [0.5, 0.6) is 11.5 Å². The topological polar surface area (TPSA) is 81.0 Å². The smallest absolute Gasteiger partial charge is 0.289 e. The summed E-state index contributed by atoms with van der Waals surface area (Å²) in [6.07, 6.45) is 3.26. The molecule has 2 amide bonds. The number of ether oxygens (including phenoxy) is 2. The number of fused-ring (bicyclic) bond motifs is 1. The number of nitrogens with zero attached hydrogens (tertiary/aromatic N) is 1. The van der Waals surface area contributed by atoms with E-state index in [4.69, 9.17) is 13.9 Å². The van der Waals surface area contributed by atoms with Crippen molar-refractivity contribution in [2.75, 3.05) is 26.3 Å². The van der Waals surface area contributed by atoms with E-state index in [1.54, 1.807) is 17.0 Å². The van der Waals surface area contributed by atoms with Gasteiger partial charge in [-0.1, -0.05) is 6.07 Å². The number of rotatable bonds is 4. The van der Waals surface area contributed by atoms with E-state index in [1.165, 1.54) is 6.26 Å². The summed E-state index contributed by atoms with van der Waals surface area (Å²) in [4.78, 5) is 26.4. The Kier molecular flexibility index (Phi) is 5.00. The molecule has 0 bridgehead atoms. The van der Waals surface area contributed by atoms with Crippen molar-refractivity contribution in [2.45, 2.75) is 25.3 Å². The highest BCUT2D eigenvalue weighted by Gasteiger charge is 2.26. The molecule has 1 saturated heterocycles. The molecule has 27 heavy (non-hydrogen) atoms. The lowest BCUT2D eigenvalue weighted by atomic mass is 10.0. The van der Waals surface area contributed by atoms with Gasteiger partial charge in [0.15, 0.2) is 17.3 Å². The molecular formula is C20H22N2O5. The second-order valence-corrected chi connectivity index (χ2v) is 6.77. The molecule has 1 N–H and O–H groups in total. The first-order chi connectivity index (χ1) is 13.2. The van der Waals surface area contributed by atoms with Crippen LogP contribution in [0.3, 0.4) is 0 Å². The van der Waals surface area contributed by atoms with Crippen LogP contribution in [-0.2, 0) is 11.2 Å². The summed E-state index contributed by atoms with van der Waals surface area (Å²) in [5, 5.41) is 3.07. The molecule has 2 aliphatic heterocycles. The fourth-order valence-electron chi connectivity index (χ4n) is 3.44. The fraction of sp³-hybridized carbons (Fsp3) is 0.400. The fourth-order valence-corrected chi connectivity index (χ4v) is 3.44. The zero-order valence-electron chi connectivity index (χ0n) is 15.0. The van der Waals surface area contributed by atoms with Crippen LogP contribution in [-0.4, -0.2) is 49.1 Å². The van der Waals surface area contributed by atoms with Crippen LogP contribution >= 0.6 is 0 Å². The lowest BCUT2D eigenvalue weighted by Gasteiger charge is -2.32. The molecule has 0 saturated carbocycles. The predicted molar refractivity (Wildman–Crippen MR) is 96.9 cm³/mol. The molecule has 1 aromatic carbocycles. The van der Waals surface area contributed by atoms with Gasteiger partial charge in [-0.25, -0.2) is 0 Å². The molecule has 2 aliphatic rings. The van der Waals surface area contributed by atoms with Gasteiger partial charge in [-0.2, -0.15) is 0 Å². The number of benzene rings is 1. The van der Waals surface area contributed by atoms with E-state index in [-0.39, 0.29) is 17.9 Å². The highest BCUT2D eigenvalue weighted by Crippen LogP contribution is 2.30. The number of nitrogens with one attached hydrogen (secondary N) is 1. The minimum absolute atomic E-state index is 0.0255. The van der Waals surface area contributed by atoms with E-state index < -0.39 is 0 Å². The van der Waals surface area contributed by atoms with Crippen molar-refractivity contribution in [3.05, 3.63) is 47.9 Å². The molecule has 142 valence electrons. The van der Waals surface area contributed by atoms with Crippen LogP contribution in [0.1, 0.15) is 29.0 Å². The Labute approximate surface area is 157 Å². The van der Waals surface area contributed by atoms with Gasteiger partial charge in [0.25, 0.3) is 5.91 Å². The molecule has 1 aromatic heterocycles. The summed E-state index contributed by atoms with van der Waals surface area (Å²) in [6.45, 7) is 2.29. The number of amides is 2. The average Bonchev–Trinajstić information content (AvgIpc) is 3.23.